The van der Waals surface area contributed by atoms with E-state index in [0.29, 0.717) is 12.1 Å². The Hall–Kier alpha value is -1.45. The molecule has 0 saturated carbocycles. The Balaban J connectivity index is 3.04. The molecule has 2 nitrogen and oxygen atoms in total. The van der Waals surface area contributed by atoms with Crippen molar-refractivity contribution in [2.24, 2.45) is 10.7 Å². The van der Waals surface area contributed by atoms with Gasteiger partial charge in [0.25, 0.3) is 0 Å². The summed E-state index contributed by atoms with van der Waals surface area (Å²) >= 11 is 0. The highest BCUT2D eigenvalue weighted by Gasteiger charge is 2.04. The predicted molar refractivity (Wildman–Crippen MR) is 47.6 cm³/mol. The molecular weight excluding hydrogens is 174 g/mol. The van der Waals surface area contributed by atoms with Crippen molar-refractivity contribution in [1.82, 2.24) is 0 Å². The third kappa shape index (κ3) is 2.24. The summed E-state index contributed by atoms with van der Waals surface area (Å²) in [6.07, 6.45) is 0. The van der Waals surface area contributed by atoms with Gasteiger partial charge in [-0.3, -0.25) is 4.99 Å². The van der Waals surface area contributed by atoms with Crippen LogP contribution in [0.15, 0.2) is 23.2 Å². The molecule has 0 amide bonds. The second kappa shape index (κ2) is 3.98. The van der Waals surface area contributed by atoms with E-state index in [1.165, 1.54) is 6.07 Å². The average molecular weight is 184 g/mol. The van der Waals surface area contributed by atoms with Crippen LogP contribution in [0.2, 0.25) is 0 Å². The number of hydrogen-bond donors (Lipinski definition) is 1. The zero-order valence-corrected chi connectivity index (χ0v) is 7.22. The van der Waals surface area contributed by atoms with Crippen molar-refractivity contribution < 1.29 is 8.78 Å². The van der Waals surface area contributed by atoms with Gasteiger partial charge >= 0.3 is 0 Å². The van der Waals surface area contributed by atoms with E-state index in [4.69, 9.17) is 5.73 Å². The maximum Gasteiger partial charge on any atom is 0.159 e. The van der Waals surface area contributed by atoms with Crippen LogP contribution in [0.5, 0.6) is 0 Å². The molecule has 4 heteroatoms. The second-order valence-electron chi connectivity index (χ2n) is 2.49. The van der Waals surface area contributed by atoms with Crippen molar-refractivity contribution in [2.45, 2.75) is 6.92 Å². The predicted octanol–water partition coefficient (Wildman–Crippen LogP) is 1.69. The lowest BCUT2D eigenvalue weighted by Crippen LogP contribution is -2.14. The SMILES string of the molecule is CCN=C(N)c1ccc(F)c(F)c1. The number of nitrogens with zero attached hydrogens (tertiary/aromatic N) is 1. The van der Waals surface area contributed by atoms with Crippen LogP contribution in [-0.4, -0.2) is 12.4 Å². The van der Waals surface area contributed by atoms with E-state index in [9.17, 15) is 8.78 Å². The molecule has 0 aliphatic heterocycles. The summed E-state index contributed by atoms with van der Waals surface area (Å²) in [6.45, 7) is 2.33. The summed E-state index contributed by atoms with van der Waals surface area (Å²) in [5.41, 5.74) is 5.89. The maximum atomic E-state index is 12.7. The van der Waals surface area contributed by atoms with Crippen molar-refractivity contribution in [3.8, 4) is 0 Å². The zero-order valence-electron chi connectivity index (χ0n) is 7.22. The first kappa shape index (κ1) is 9.64. The first-order valence-electron chi connectivity index (χ1n) is 3.90. The van der Waals surface area contributed by atoms with Gasteiger partial charge in [0.1, 0.15) is 5.84 Å². The largest absolute Gasteiger partial charge is 0.384 e. The molecule has 0 aliphatic rings. The molecule has 0 saturated heterocycles. The lowest BCUT2D eigenvalue weighted by Gasteiger charge is -2.00. The molecule has 0 heterocycles. The van der Waals surface area contributed by atoms with Crippen LogP contribution >= 0.6 is 0 Å². The minimum Gasteiger partial charge on any atom is -0.384 e. The summed E-state index contributed by atoms with van der Waals surface area (Å²) < 4.78 is 25.2. The summed E-state index contributed by atoms with van der Waals surface area (Å²) in [6, 6.07) is 3.46. The number of hydrogen-bond acceptors (Lipinski definition) is 1. The van der Waals surface area contributed by atoms with E-state index in [-0.39, 0.29) is 5.84 Å². The van der Waals surface area contributed by atoms with Crippen LogP contribution in [0.4, 0.5) is 8.78 Å². The standard InChI is InChI=1S/C9H10F2N2/c1-2-13-9(12)6-3-4-7(10)8(11)5-6/h3-5H,2H2,1H3,(H2,12,13). The van der Waals surface area contributed by atoms with E-state index in [0.717, 1.165) is 12.1 Å². The Morgan fingerprint density at radius 2 is 2.08 bits per heavy atom. The number of benzene rings is 1. The van der Waals surface area contributed by atoms with Gasteiger partial charge in [-0.2, -0.15) is 0 Å². The number of halogens is 2. The fraction of sp³-hybridized carbons (Fsp3) is 0.222. The highest BCUT2D eigenvalue weighted by Crippen LogP contribution is 2.08. The molecule has 0 unspecified atom stereocenters. The molecule has 0 fully saturated rings. The molecule has 1 aromatic rings. The van der Waals surface area contributed by atoms with Crippen molar-refractivity contribution >= 4 is 5.84 Å². The molecule has 0 aliphatic carbocycles. The van der Waals surface area contributed by atoms with Gasteiger partial charge < -0.3 is 5.73 Å². The molecule has 70 valence electrons. The van der Waals surface area contributed by atoms with Crippen LogP contribution in [-0.2, 0) is 0 Å². The quantitative estimate of drug-likeness (QED) is 0.551. The third-order valence-electron chi connectivity index (χ3n) is 1.54. The lowest BCUT2D eigenvalue weighted by atomic mass is 10.2. The van der Waals surface area contributed by atoms with E-state index in [2.05, 4.69) is 4.99 Å². The minimum atomic E-state index is -0.910. The molecule has 1 rings (SSSR count). The molecule has 0 aromatic heterocycles. The van der Waals surface area contributed by atoms with Crippen LogP contribution in [0.3, 0.4) is 0 Å². The fourth-order valence-corrected chi connectivity index (χ4v) is 0.917. The van der Waals surface area contributed by atoms with Crippen molar-refractivity contribution in [1.29, 1.82) is 0 Å². The average Bonchev–Trinajstić information content (AvgIpc) is 2.10. The number of rotatable bonds is 2. The topological polar surface area (TPSA) is 38.4 Å². The number of aliphatic imine (C=N–C) groups is 1. The lowest BCUT2D eigenvalue weighted by molar-refractivity contribution is 0.508. The van der Waals surface area contributed by atoms with Crippen molar-refractivity contribution in [3.63, 3.8) is 0 Å². The smallest absolute Gasteiger partial charge is 0.159 e. The van der Waals surface area contributed by atoms with Gasteiger partial charge in [0.05, 0.1) is 0 Å². The highest BCUT2D eigenvalue weighted by atomic mass is 19.2. The van der Waals surface area contributed by atoms with Gasteiger partial charge in [-0.1, -0.05) is 0 Å². The van der Waals surface area contributed by atoms with Gasteiger partial charge in [0, 0.05) is 12.1 Å². The molecular formula is C9H10F2N2. The van der Waals surface area contributed by atoms with Crippen molar-refractivity contribution in [3.05, 3.63) is 35.4 Å². The van der Waals surface area contributed by atoms with Gasteiger partial charge in [0.15, 0.2) is 11.6 Å². The van der Waals surface area contributed by atoms with Gasteiger partial charge in [-0.25, -0.2) is 8.78 Å². The zero-order chi connectivity index (χ0) is 9.84. The first-order valence-corrected chi connectivity index (χ1v) is 3.90. The third-order valence-corrected chi connectivity index (χ3v) is 1.54. The van der Waals surface area contributed by atoms with E-state index in [1.807, 2.05) is 6.92 Å². The molecule has 13 heavy (non-hydrogen) atoms. The Labute approximate surface area is 75.1 Å². The maximum absolute atomic E-state index is 12.7. The molecule has 0 bridgehead atoms. The van der Waals surface area contributed by atoms with E-state index < -0.39 is 11.6 Å². The van der Waals surface area contributed by atoms with E-state index >= 15 is 0 Å². The minimum absolute atomic E-state index is 0.224. The Morgan fingerprint density at radius 1 is 1.38 bits per heavy atom. The second-order valence-corrected chi connectivity index (χ2v) is 2.49. The number of amidine groups is 1. The summed E-state index contributed by atoms with van der Waals surface area (Å²) in [4.78, 5) is 3.87. The van der Waals surface area contributed by atoms with Crippen molar-refractivity contribution in [2.75, 3.05) is 6.54 Å². The molecule has 0 atom stereocenters. The van der Waals surface area contributed by atoms with Gasteiger partial charge in [0.2, 0.25) is 0 Å². The van der Waals surface area contributed by atoms with Crippen LogP contribution in [0.1, 0.15) is 12.5 Å². The first-order chi connectivity index (χ1) is 6.15. The molecule has 0 radical (unpaired) electrons. The van der Waals surface area contributed by atoms with Crippen LogP contribution in [0, 0.1) is 11.6 Å². The number of nitrogens with two attached hydrogens (primary N) is 1. The van der Waals surface area contributed by atoms with Crippen LogP contribution < -0.4 is 5.73 Å². The summed E-state index contributed by atoms with van der Waals surface area (Å²) in [7, 11) is 0. The van der Waals surface area contributed by atoms with Crippen LogP contribution in [0.25, 0.3) is 0 Å². The summed E-state index contributed by atoms with van der Waals surface area (Å²) in [5.74, 6) is -1.57. The molecule has 2 N–H and O–H groups in total. The Kier molecular flexibility index (Phi) is 2.95. The Bertz CT molecular complexity index is 334. The normalized spacial score (nSPS) is 11.8. The summed E-state index contributed by atoms with van der Waals surface area (Å²) in [5, 5.41) is 0. The van der Waals surface area contributed by atoms with Gasteiger partial charge in [-0.15, -0.1) is 0 Å². The Morgan fingerprint density at radius 3 is 2.62 bits per heavy atom. The van der Waals surface area contributed by atoms with Gasteiger partial charge in [-0.05, 0) is 25.1 Å². The monoisotopic (exact) mass is 184 g/mol. The highest BCUT2D eigenvalue weighted by molar-refractivity contribution is 5.97. The molecule has 0 spiro atoms. The van der Waals surface area contributed by atoms with E-state index in [1.54, 1.807) is 0 Å². The fourth-order valence-electron chi connectivity index (χ4n) is 0.917. The molecule has 1 aromatic carbocycles.